The summed E-state index contributed by atoms with van der Waals surface area (Å²) >= 11 is 1.98. The minimum Gasteiger partial charge on any atom is -0.134 e. The molecule has 0 unspecified atom stereocenters. The summed E-state index contributed by atoms with van der Waals surface area (Å²) in [6.45, 7) is 4.55. The molecule has 0 amide bonds. The molecular weight excluding hydrogens is 392 g/mol. The average molecular weight is 425 g/mol. The van der Waals surface area contributed by atoms with Gasteiger partial charge < -0.3 is 0 Å². The molecule has 0 radical (unpaired) electrons. The number of aryl methyl sites for hydroxylation is 2. The van der Waals surface area contributed by atoms with Gasteiger partial charge in [-0.2, -0.15) is 0 Å². The van der Waals surface area contributed by atoms with Crippen molar-refractivity contribution in [3.8, 4) is 0 Å². The Labute approximate surface area is 189 Å². The van der Waals surface area contributed by atoms with Crippen LogP contribution in [0.3, 0.4) is 0 Å². The van der Waals surface area contributed by atoms with Crippen LogP contribution in [0.1, 0.15) is 63.5 Å². The number of benzene rings is 4. The smallest absolute Gasteiger partial charge is 0.0434 e. The molecule has 0 fully saturated rings. The second-order valence-electron chi connectivity index (χ2n) is 9.01. The quantitative estimate of drug-likeness (QED) is 0.217. The third-order valence-corrected chi connectivity index (χ3v) is 7.99. The predicted octanol–water partition coefficient (Wildman–Crippen LogP) is 9.83. The second kappa shape index (κ2) is 9.01. The van der Waals surface area contributed by atoms with Crippen LogP contribution in [0.15, 0.2) is 60.7 Å². The minimum atomic E-state index is 1.19. The van der Waals surface area contributed by atoms with Gasteiger partial charge in [0.25, 0.3) is 0 Å². The highest BCUT2D eigenvalue weighted by atomic mass is 32.1. The lowest BCUT2D eigenvalue weighted by Crippen LogP contribution is -1.86. The summed E-state index contributed by atoms with van der Waals surface area (Å²) in [6.07, 6.45) is 10.2. The van der Waals surface area contributed by atoms with E-state index in [4.69, 9.17) is 0 Å². The fourth-order valence-electron chi connectivity index (χ4n) is 4.92. The molecule has 4 aromatic carbocycles. The Morgan fingerprint density at radius 1 is 0.516 bits per heavy atom. The summed E-state index contributed by atoms with van der Waals surface area (Å²) in [5, 5.41) is 8.39. The largest absolute Gasteiger partial charge is 0.134 e. The van der Waals surface area contributed by atoms with Gasteiger partial charge in [-0.25, -0.2) is 0 Å². The molecule has 5 rings (SSSR count). The van der Waals surface area contributed by atoms with E-state index in [1.54, 1.807) is 0 Å². The van der Waals surface area contributed by atoms with Crippen LogP contribution in [-0.2, 0) is 12.8 Å². The van der Waals surface area contributed by atoms with Gasteiger partial charge in [-0.05, 0) is 58.4 Å². The SMILES string of the molecule is CCCCCc1ccc2c(ccc3c4ccc5cc(CCCCC)ccc5c4sc23)c1. The fourth-order valence-corrected chi connectivity index (χ4v) is 6.29. The van der Waals surface area contributed by atoms with Crippen molar-refractivity contribution in [1.29, 1.82) is 0 Å². The third kappa shape index (κ3) is 3.96. The highest BCUT2D eigenvalue weighted by molar-refractivity contribution is 7.27. The minimum absolute atomic E-state index is 1.19. The highest BCUT2D eigenvalue weighted by Gasteiger charge is 2.12. The van der Waals surface area contributed by atoms with Crippen molar-refractivity contribution in [2.75, 3.05) is 0 Å². The first kappa shape index (κ1) is 20.5. The van der Waals surface area contributed by atoms with Crippen LogP contribution in [0.5, 0.6) is 0 Å². The number of hydrogen-bond donors (Lipinski definition) is 0. The molecule has 5 aromatic rings. The summed E-state index contributed by atoms with van der Waals surface area (Å²) in [7, 11) is 0. The predicted molar refractivity (Wildman–Crippen MR) is 141 cm³/mol. The molecule has 0 nitrogen and oxygen atoms in total. The van der Waals surface area contributed by atoms with Gasteiger partial charge in [0, 0.05) is 20.2 Å². The van der Waals surface area contributed by atoms with E-state index in [2.05, 4.69) is 74.5 Å². The third-order valence-electron chi connectivity index (χ3n) is 6.70. The van der Waals surface area contributed by atoms with Gasteiger partial charge in [0.05, 0.1) is 0 Å². The van der Waals surface area contributed by atoms with Crippen molar-refractivity contribution in [3.05, 3.63) is 71.8 Å². The van der Waals surface area contributed by atoms with Gasteiger partial charge in [-0.3, -0.25) is 0 Å². The van der Waals surface area contributed by atoms with E-state index in [1.807, 2.05) is 11.3 Å². The highest BCUT2D eigenvalue weighted by Crippen LogP contribution is 2.42. The van der Waals surface area contributed by atoms with Crippen molar-refractivity contribution in [3.63, 3.8) is 0 Å². The normalized spacial score (nSPS) is 11.9. The Morgan fingerprint density at radius 2 is 0.968 bits per heavy atom. The summed E-state index contributed by atoms with van der Waals surface area (Å²) in [5.74, 6) is 0. The Morgan fingerprint density at radius 3 is 1.42 bits per heavy atom. The Balaban J connectivity index is 1.58. The Kier molecular flexibility index (Phi) is 5.96. The Bertz CT molecular complexity index is 1250. The van der Waals surface area contributed by atoms with E-state index in [9.17, 15) is 0 Å². The molecule has 0 saturated heterocycles. The zero-order valence-electron chi connectivity index (χ0n) is 18.8. The van der Waals surface area contributed by atoms with Crippen LogP contribution >= 0.6 is 11.3 Å². The van der Waals surface area contributed by atoms with Gasteiger partial charge in [0.2, 0.25) is 0 Å². The second-order valence-corrected chi connectivity index (χ2v) is 10.0. The molecule has 31 heavy (non-hydrogen) atoms. The van der Waals surface area contributed by atoms with E-state index >= 15 is 0 Å². The topological polar surface area (TPSA) is 0 Å². The molecule has 0 aliphatic carbocycles. The molecule has 1 heterocycles. The maximum Gasteiger partial charge on any atom is 0.0434 e. The van der Waals surface area contributed by atoms with Crippen molar-refractivity contribution < 1.29 is 0 Å². The average Bonchev–Trinajstić information content (AvgIpc) is 3.18. The van der Waals surface area contributed by atoms with Gasteiger partial charge in [0.15, 0.2) is 0 Å². The van der Waals surface area contributed by atoms with Gasteiger partial charge in [-0.15, -0.1) is 11.3 Å². The van der Waals surface area contributed by atoms with E-state index in [1.165, 1.54) is 104 Å². The maximum atomic E-state index is 2.41. The van der Waals surface area contributed by atoms with Crippen molar-refractivity contribution in [1.82, 2.24) is 0 Å². The molecule has 0 N–H and O–H groups in total. The van der Waals surface area contributed by atoms with Crippen LogP contribution in [-0.4, -0.2) is 0 Å². The van der Waals surface area contributed by atoms with Crippen LogP contribution < -0.4 is 0 Å². The molecular formula is C30H32S. The van der Waals surface area contributed by atoms with Crippen LogP contribution in [0, 0.1) is 0 Å². The number of unbranched alkanes of at least 4 members (excludes halogenated alkanes) is 4. The van der Waals surface area contributed by atoms with E-state index in [0.717, 1.165) is 0 Å². The first-order valence-corrected chi connectivity index (χ1v) is 12.9. The molecule has 158 valence electrons. The molecule has 1 heteroatoms. The monoisotopic (exact) mass is 424 g/mol. The van der Waals surface area contributed by atoms with Crippen molar-refractivity contribution in [2.24, 2.45) is 0 Å². The number of thiophene rings is 1. The van der Waals surface area contributed by atoms with Crippen molar-refractivity contribution in [2.45, 2.75) is 65.2 Å². The maximum absolute atomic E-state index is 2.41. The number of rotatable bonds is 8. The molecule has 1 aromatic heterocycles. The number of hydrogen-bond acceptors (Lipinski definition) is 1. The van der Waals surface area contributed by atoms with E-state index in [0.29, 0.717) is 0 Å². The lowest BCUT2D eigenvalue weighted by molar-refractivity contribution is 0.718. The molecule has 0 aliphatic rings. The van der Waals surface area contributed by atoms with Gasteiger partial charge in [-0.1, -0.05) is 100 Å². The fraction of sp³-hybridized carbons (Fsp3) is 0.333. The molecule has 0 aliphatic heterocycles. The van der Waals surface area contributed by atoms with Crippen LogP contribution in [0.4, 0.5) is 0 Å². The summed E-state index contributed by atoms with van der Waals surface area (Å²) in [4.78, 5) is 0. The van der Waals surface area contributed by atoms with E-state index < -0.39 is 0 Å². The van der Waals surface area contributed by atoms with E-state index in [-0.39, 0.29) is 0 Å². The zero-order valence-corrected chi connectivity index (χ0v) is 19.7. The van der Waals surface area contributed by atoms with Crippen LogP contribution in [0.25, 0.3) is 41.7 Å². The standard InChI is InChI=1S/C30H32S/c1-3-5-7-9-21-11-15-25-23(19-21)13-17-27-28-18-14-24-20-22(10-8-6-4-2)12-16-26(24)30(28)31-29(25)27/h11-20H,3-10H2,1-2H3. The first-order chi connectivity index (χ1) is 15.3. The Hall–Kier alpha value is -2.38. The van der Waals surface area contributed by atoms with Crippen LogP contribution in [0.2, 0.25) is 0 Å². The molecule has 0 bridgehead atoms. The first-order valence-electron chi connectivity index (χ1n) is 12.1. The van der Waals surface area contributed by atoms with Gasteiger partial charge >= 0.3 is 0 Å². The van der Waals surface area contributed by atoms with Crippen molar-refractivity contribution >= 4 is 53.1 Å². The molecule has 0 atom stereocenters. The summed E-state index contributed by atoms with van der Waals surface area (Å²) in [5.41, 5.74) is 2.95. The lowest BCUT2D eigenvalue weighted by Gasteiger charge is -2.05. The molecule has 0 saturated carbocycles. The number of fused-ring (bicyclic) bond motifs is 7. The van der Waals surface area contributed by atoms with Gasteiger partial charge in [0.1, 0.15) is 0 Å². The molecule has 0 spiro atoms. The summed E-state index contributed by atoms with van der Waals surface area (Å²) < 4.78 is 2.87. The zero-order chi connectivity index (χ0) is 21.2. The lowest BCUT2D eigenvalue weighted by atomic mass is 9.99. The summed E-state index contributed by atoms with van der Waals surface area (Å²) in [6, 6.07) is 23.6.